The minimum absolute atomic E-state index is 0.291. The van der Waals surface area contributed by atoms with Crippen molar-refractivity contribution in [2.24, 2.45) is 11.7 Å². The molecule has 3 nitrogen and oxygen atoms in total. The van der Waals surface area contributed by atoms with E-state index in [0.29, 0.717) is 12.0 Å². The molecule has 0 aromatic carbocycles. The summed E-state index contributed by atoms with van der Waals surface area (Å²) >= 11 is 0. The Hall–Kier alpha value is -0.960. The van der Waals surface area contributed by atoms with Crippen LogP contribution in [0.5, 0.6) is 0 Å². The lowest BCUT2D eigenvalue weighted by Gasteiger charge is -2.33. The molecule has 0 spiro atoms. The van der Waals surface area contributed by atoms with Gasteiger partial charge in [-0.2, -0.15) is 0 Å². The zero-order valence-corrected chi connectivity index (χ0v) is 9.26. The van der Waals surface area contributed by atoms with Gasteiger partial charge < -0.3 is 5.73 Å². The number of aromatic nitrogens is 2. The molecule has 82 valence electrons. The maximum absolute atomic E-state index is 6.17. The normalized spacial score (nSPS) is 31.5. The van der Waals surface area contributed by atoms with Gasteiger partial charge in [0.25, 0.3) is 0 Å². The van der Waals surface area contributed by atoms with Gasteiger partial charge in [-0.3, -0.25) is 0 Å². The zero-order valence-electron chi connectivity index (χ0n) is 9.26. The molecule has 1 aliphatic carbocycles. The van der Waals surface area contributed by atoms with Gasteiger partial charge in [-0.05, 0) is 30.7 Å². The van der Waals surface area contributed by atoms with Crippen LogP contribution in [0.1, 0.15) is 44.1 Å². The topological polar surface area (TPSA) is 51.8 Å². The summed E-state index contributed by atoms with van der Waals surface area (Å²) in [5.74, 6) is 1.29. The number of hydrogen-bond donors (Lipinski definition) is 1. The molecule has 1 aliphatic rings. The van der Waals surface area contributed by atoms with Gasteiger partial charge in [0, 0.05) is 24.4 Å². The van der Waals surface area contributed by atoms with Crippen molar-refractivity contribution < 1.29 is 0 Å². The summed E-state index contributed by atoms with van der Waals surface area (Å²) in [7, 11) is 0. The van der Waals surface area contributed by atoms with Gasteiger partial charge in [0.1, 0.15) is 6.33 Å². The van der Waals surface area contributed by atoms with Crippen molar-refractivity contribution >= 4 is 0 Å². The summed E-state index contributed by atoms with van der Waals surface area (Å²) in [4.78, 5) is 8.16. The molecule has 2 N–H and O–H groups in total. The van der Waals surface area contributed by atoms with Gasteiger partial charge >= 0.3 is 0 Å². The molecule has 0 radical (unpaired) electrons. The van der Waals surface area contributed by atoms with Gasteiger partial charge in [-0.1, -0.05) is 13.3 Å². The van der Waals surface area contributed by atoms with Gasteiger partial charge in [0.2, 0.25) is 0 Å². The molecule has 0 aliphatic heterocycles. The van der Waals surface area contributed by atoms with Crippen molar-refractivity contribution in [2.75, 3.05) is 0 Å². The fourth-order valence-corrected chi connectivity index (χ4v) is 2.54. The first-order valence-corrected chi connectivity index (χ1v) is 5.81. The average molecular weight is 205 g/mol. The van der Waals surface area contributed by atoms with Gasteiger partial charge in [-0.25, -0.2) is 9.97 Å². The monoisotopic (exact) mass is 205 g/mol. The smallest absolute Gasteiger partial charge is 0.115 e. The molecular formula is C12H19N3. The molecule has 1 saturated carbocycles. The highest BCUT2D eigenvalue weighted by atomic mass is 14.8. The van der Waals surface area contributed by atoms with E-state index in [1.165, 1.54) is 24.8 Å². The lowest BCUT2D eigenvalue weighted by molar-refractivity contribution is 0.282. The molecule has 0 saturated heterocycles. The first-order valence-electron chi connectivity index (χ1n) is 5.81. The average Bonchev–Trinajstić information content (AvgIpc) is 2.31. The van der Waals surface area contributed by atoms with Crippen LogP contribution in [0.15, 0.2) is 18.7 Å². The third-order valence-electron chi connectivity index (χ3n) is 3.60. The van der Waals surface area contributed by atoms with E-state index in [2.05, 4.69) is 16.9 Å². The Bertz CT molecular complexity index is 299. The molecule has 1 aromatic heterocycles. The van der Waals surface area contributed by atoms with Crippen LogP contribution in [-0.2, 0) is 0 Å². The second kappa shape index (κ2) is 4.71. The van der Waals surface area contributed by atoms with Gasteiger partial charge in [0.15, 0.2) is 0 Å². The summed E-state index contributed by atoms with van der Waals surface area (Å²) in [5, 5.41) is 0. The molecule has 2 rings (SSSR count). The summed E-state index contributed by atoms with van der Waals surface area (Å²) in [6, 6.07) is 0.291. The van der Waals surface area contributed by atoms with Gasteiger partial charge in [0.05, 0.1) is 0 Å². The Balaban J connectivity index is 2.13. The predicted molar refractivity (Wildman–Crippen MR) is 60.4 cm³/mol. The lowest BCUT2D eigenvalue weighted by Crippen LogP contribution is -2.34. The van der Waals surface area contributed by atoms with Crippen molar-refractivity contribution in [3.63, 3.8) is 0 Å². The Morgan fingerprint density at radius 1 is 1.33 bits per heavy atom. The highest BCUT2D eigenvalue weighted by Crippen LogP contribution is 2.36. The quantitative estimate of drug-likeness (QED) is 0.804. The Labute approximate surface area is 91.1 Å². The third-order valence-corrected chi connectivity index (χ3v) is 3.60. The lowest BCUT2D eigenvalue weighted by atomic mass is 9.75. The molecule has 0 amide bonds. The highest BCUT2D eigenvalue weighted by molar-refractivity contribution is 5.14. The summed E-state index contributed by atoms with van der Waals surface area (Å²) in [6.45, 7) is 2.26. The standard InChI is InChI=1S/C12H19N3/c1-2-9-3-4-12(13)11(5-9)10-6-14-8-15-7-10/h6-9,11-12H,2-5,13H2,1H3. The van der Waals surface area contributed by atoms with E-state index in [0.717, 1.165) is 12.3 Å². The van der Waals surface area contributed by atoms with Crippen LogP contribution in [-0.4, -0.2) is 16.0 Å². The second-order valence-electron chi connectivity index (χ2n) is 4.53. The molecule has 3 unspecified atom stereocenters. The molecule has 1 aromatic rings. The van der Waals surface area contributed by atoms with E-state index < -0.39 is 0 Å². The number of nitrogens with two attached hydrogens (primary N) is 1. The minimum Gasteiger partial charge on any atom is -0.327 e. The maximum Gasteiger partial charge on any atom is 0.115 e. The highest BCUT2D eigenvalue weighted by Gasteiger charge is 2.28. The molecule has 0 bridgehead atoms. The van der Waals surface area contributed by atoms with Crippen molar-refractivity contribution in [1.29, 1.82) is 0 Å². The van der Waals surface area contributed by atoms with E-state index in [-0.39, 0.29) is 0 Å². The van der Waals surface area contributed by atoms with Crippen molar-refractivity contribution in [3.05, 3.63) is 24.3 Å². The van der Waals surface area contributed by atoms with E-state index in [1.807, 2.05) is 12.4 Å². The van der Waals surface area contributed by atoms with Crippen molar-refractivity contribution in [2.45, 2.75) is 44.6 Å². The number of nitrogens with zero attached hydrogens (tertiary/aromatic N) is 2. The zero-order chi connectivity index (χ0) is 10.7. The summed E-state index contributed by atoms with van der Waals surface area (Å²) in [5.41, 5.74) is 7.38. The molecular weight excluding hydrogens is 186 g/mol. The van der Waals surface area contributed by atoms with Crippen LogP contribution in [0.3, 0.4) is 0 Å². The van der Waals surface area contributed by atoms with E-state index in [4.69, 9.17) is 5.73 Å². The second-order valence-corrected chi connectivity index (χ2v) is 4.53. The summed E-state index contributed by atoms with van der Waals surface area (Å²) in [6.07, 6.45) is 10.3. The van der Waals surface area contributed by atoms with Crippen LogP contribution >= 0.6 is 0 Å². The number of hydrogen-bond acceptors (Lipinski definition) is 3. The first-order chi connectivity index (χ1) is 7.31. The van der Waals surface area contributed by atoms with E-state index in [9.17, 15) is 0 Å². The maximum atomic E-state index is 6.17. The Morgan fingerprint density at radius 3 is 2.73 bits per heavy atom. The molecule has 15 heavy (non-hydrogen) atoms. The van der Waals surface area contributed by atoms with Crippen LogP contribution in [0.4, 0.5) is 0 Å². The first kappa shape index (κ1) is 10.6. The fourth-order valence-electron chi connectivity index (χ4n) is 2.54. The fraction of sp³-hybridized carbons (Fsp3) is 0.667. The molecule has 1 heterocycles. The largest absolute Gasteiger partial charge is 0.327 e. The Morgan fingerprint density at radius 2 is 2.07 bits per heavy atom. The molecule has 3 heteroatoms. The Kier molecular flexibility index (Phi) is 3.31. The summed E-state index contributed by atoms with van der Waals surface area (Å²) < 4.78 is 0. The van der Waals surface area contributed by atoms with Crippen LogP contribution in [0, 0.1) is 5.92 Å². The van der Waals surface area contributed by atoms with Crippen LogP contribution in [0.2, 0.25) is 0 Å². The SMILES string of the molecule is CCC1CCC(N)C(c2cncnc2)C1. The van der Waals surface area contributed by atoms with Crippen molar-refractivity contribution in [3.8, 4) is 0 Å². The van der Waals surface area contributed by atoms with E-state index >= 15 is 0 Å². The third kappa shape index (κ3) is 2.34. The number of rotatable bonds is 2. The molecule has 1 fully saturated rings. The van der Waals surface area contributed by atoms with Crippen LogP contribution < -0.4 is 5.73 Å². The van der Waals surface area contributed by atoms with Gasteiger partial charge in [-0.15, -0.1) is 0 Å². The van der Waals surface area contributed by atoms with Crippen molar-refractivity contribution in [1.82, 2.24) is 9.97 Å². The predicted octanol–water partition coefficient (Wildman–Crippen LogP) is 2.10. The minimum atomic E-state index is 0.291. The van der Waals surface area contributed by atoms with E-state index in [1.54, 1.807) is 6.33 Å². The van der Waals surface area contributed by atoms with Crippen LogP contribution in [0.25, 0.3) is 0 Å². The molecule has 3 atom stereocenters.